The van der Waals surface area contributed by atoms with Gasteiger partial charge in [0.1, 0.15) is 9.71 Å². The summed E-state index contributed by atoms with van der Waals surface area (Å²) in [7, 11) is 1.56. The van der Waals surface area contributed by atoms with Crippen LogP contribution in [0.15, 0.2) is 35.4 Å². The molecule has 26 heavy (non-hydrogen) atoms. The summed E-state index contributed by atoms with van der Waals surface area (Å²) in [5, 5.41) is 0.761. The van der Waals surface area contributed by atoms with Crippen LogP contribution in [0.3, 0.4) is 0 Å². The van der Waals surface area contributed by atoms with E-state index in [2.05, 4.69) is 4.98 Å². The summed E-state index contributed by atoms with van der Waals surface area (Å²) < 4.78 is 1.31. The second-order valence-electron chi connectivity index (χ2n) is 5.73. The van der Waals surface area contributed by atoms with Crippen molar-refractivity contribution in [3.63, 3.8) is 0 Å². The number of hydrogen-bond donors (Lipinski definition) is 0. The Morgan fingerprint density at radius 1 is 1.12 bits per heavy atom. The van der Waals surface area contributed by atoms with Crippen molar-refractivity contribution in [2.75, 3.05) is 0 Å². The van der Waals surface area contributed by atoms with Crippen LogP contribution in [0.5, 0.6) is 0 Å². The van der Waals surface area contributed by atoms with Crippen LogP contribution in [0.4, 0.5) is 0 Å². The molecule has 130 valence electrons. The lowest BCUT2D eigenvalue weighted by molar-refractivity contribution is -0.0581. The van der Waals surface area contributed by atoms with E-state index in [0.29, 0.717) is 20.8 Å². The van der Waals surface area contributed by atoms with Gasteiger partial charge in [-0.05, 0) is 24.6 Å². The molecule has 0 unspecified atom stereocenters. The van der Waals surface area contributed by atoms with E-state index in [1.165, 1.54) is 23.0 Å². The van der Waals surface area contributed by atoms with E-state index in [0.717, 1.165) is 11.3 Å². The Morgan fingerprint density at radius 3 is 2.35 bits per heavy atom. The molecule has 8 nitrogen and oxygen atoms in total. The zero-order valence-corrected chi connectivity index (χ0v) is 14.5. The Hall–Kier alpha value is -3.33. The minimum absolute atomic E-state index is 0.118. The lowest BCUT2D eigenvalue weighted by Crippen LogP contribution is -2.32. The van der Waals surface area contributed by atoms with Crippen molar-refractivity contribution in [1.82, 2.24) is 14.6 Å². The maximum Gasteiger partial charge on any atom is 0.374 e. The van der Waals surface area contributed by atoms with Crippen molar-refractivity contribution in [2.24, 2.45) is 7.05 Å². The van der Waals surface area contributed by atoms with Gasteiger partial charge >= 0.3 is 5.97 Å². The molecule has 1 aliphatic heterocycles. The summed E-state index contributed by atoms with van der Waals surface area (Å²) in [5.74, 6) is -2.29. The molecule has 4 rings (SSSR count). The summed E-state index contributed by atoms with van der Waals surface area (Å²) in [4.78, 5) is 59.1. The van der Waals surface area contributed by atoms with Crippen LogP contribution < -0.4 is 5.56 Å². The Bertz CT molecular complexity index is 1140. The second kappa shape index (κ2) is 5.60. The van der Waals surface area contributed by atoms with Crippen LogP contribution in [0.25, 0.3) is 10.2 Å². The summed E-state index contributed by atoms with van der Waals surface area (Å²) >= 11 is 0.976. The number of carbonyl (C=O) groups is 3. The van der Waals surface area contributed by atoms with Crippen LogP contribution in [0.1, 0.15) is 36.0 Å². The monoisotopic (exact) mass is 369 g/mol. The van der Waals surface area contributed by atoms with E-state index in [9.17, 15) is 19.2 Å². The van der Waals surface area contributed by atoms with Gasteiger partial charge in [0, 0.05) is 7.05 Å². The van der Waals surface area contributed by atoms with Crippen molar-refractivity contribution in [3.05, 3.63) is 62.5 Å². The van der Waals surface area contributed by atoms with Gasteiger partial charge in [-0.2, -0.15) is 0 Å². The van der Waals surface area contributed by atoms with Gasteiger partial charge < -0.3 is 9.40 Å². The van der Waals surface area contributed by atoms with Crippen LogP contribution in [-0.2, 0) is 11.9 Å². The number of amides is 2. The average Bonchev–Trinajstić information content (AvgIpc) is 3.09. The highest BCUT2D eigenvalue weighted by Crippen LogP contribution is 2.29. The molecule has 0 bridgehead atoms. The number of nitrogens with zero attached hydrogens (tertiary/aromatic N) is 3. The third kappa shape index (κ3) is 2.17. The van der Waals surface area contributed by atoms with Crippen LogP contribution >= 0.6 is 11.3 Å². The van der Waals surface area contributed by atoms with Gasteiger partial charge in [-0.25, -0.2) is 9.78 Å². The average molecular weight is 369 g/mol. The quantitative estimate of drug-likeness (QED) is 0.637. The molecule has 1 aromatic carbocycles. The summed E-state index contributed by atoms with van der Waals surface area (Å²) in [6.45, 7) is 1.60. The summed E-state index contributed by atoms with van der Waals surface area (Å²) in [6.07, 6.45) is 1.36. The van der Waals surface area contributed by atoms with Gasteiger partial charge in [-0.3, -0.25) is 14.4 Å². The number of aryl methyl sites for hydroxylation is 2. The minimum atomic E-state index is -0.887. The highest BCUT2D eigenvalue weighted by atomic mass is 32.1. The molecule has 2 amide bonds. The van der Waals surface area contributed by atoms with Crippen molar-refractivity contribution in [2.45, 2.75) is 6.92 Å². The van der Waals surface area contributed by atoms with E-state index < -0.39 is 17.8 Å². The van der Waals surface area contributed by atoms with Crippen molar-refractivity contribution < 1.29 is 19.2 Å². The number of thiophene rings is 1. The fourth-order valence-corrected chi connectivity index (χ4v) is 3.79. The molecule has 0 atom stereocenters. The SMILES string of the molecule is Cc1c(C(=O)ON2C(=O)c3ccccc3C2=O)sc2ncn(C)c(=O)c12. The van der Waals surface area contributed by atoms with Crippen LogP contribution in [0, 0.1) is 6.92 Å². The zero-order valence-electron chi connectivity index (χ0n) is 13.7. The smallest absolute Gasteiger partial charge is 0.323 e. The molecule has 0 saturated carbocycles. The standard InChI is InChI=1S/C17H11N3O5S/c1-8-11-13(18-7-19(2)16(11)23)26-12(8)17(24)25-20-14(21)9-5-3-4-6-10(9)15(20)22/h3-7H,1-2H3. The third-order valence-corrected chi connectivity index (χ3v) is 5.31. The number of benzene rings is 1. The van der Waals surface area contributed by atoms with Gasteiger partial charge in [0.25, 0.3) is 17.4 Å². The number of hydroxylamine groups is 2. The predicted octanol–water partition coefficient (Wildman–Crippen LogP) is 1.67. The molecule has 0 radical (unpaired) electrons. The van der Waals surface area contributed by atoms with Gasteiger partial charge in [0.2, 0.25) is 0 Å². The Labute approximate surface area is 150 Å². The number of imide groups is 1. The maximum absolute atomic E-state index is 12.5. The second-order valence-corrected chi connectivity index (χ2v) is 6.73. The van der Waals surface area contributed by atoms with E-state index in [1.807, 2.05) is 0 Å². The number of hydrogen-bond acceptors (Lipinski definition) is 7. The van der Waals surface area contributed by atoms with E-state index in [1.54, 1.807) is 26.1 Å². The molecular weight excluding hydrogens is 358 g/mol. The Kier molecular flexibility index (Phi) is 3.48. The third-order valence-electron chi connectivity index (χ3n) is 4.13. The number of carbonyl (C=O) groups excluding carboxylic acids is 3. The van der Waals surface area contributed by atoms with Gasteiger partial charge in [-0.1, -0.05) is 17.2 Å². The van der Waals surface area contributed by atoms with E-state index in [-0.39, 0.29) is 21.6 Å². The molecule has 2 aromatic heterocycles. The van der Waals surface area contributed by atoms with Crippen LogP contribution in [-0.4, -0.2) is 32.4 Å². The Balaban J connectivity index is 1.70. The molecule has 3 aromatic rings. The number of rotatable bonds is 2. The highest BCUT2D eigenvalue weighted by molar-refractivity contribution is 7.20. The fourth-order valence-electron chi connectivity index (χ4n) is 2.78. The minimum Gasteiger partial charge on any atom is -0.323 e. The largest absolute Gasteiger partial charge is 0.374 e. The molecule has 0 fully saturated rings. The zero-order chi connectivity index (χ0) is 18.6. The highest BCUT2D eigenvalue weighted by Gasteiger charge is 2.39. The molecule has 1 aliphatic rings. The number of aromatic nitrogens is 2. The fraction of sp³-hybridized carbons (Fsp3) is 0.118. The Morgan fingerprint density at radius 2 is 1.73 bits per heavy atom. The molecule has 0 spiro atoms. The maximum atomic E-state index is 12.5. The first kappa shape index (κ1) is 16.2. The lowest BCUT2D eigenvalue weighted by Gasteiger charge is -2.12. The van der Waals surface area contributed by atoms with Gasteiger partial charge in [0.15, 0.2) is 0 Å². The number of fused-ring (bicyclic) bond motifs is 2. The van der Waals surface area contributed by atoms with Crippen molar-refractivity contribution in [1.29, 1.82) is 0 Å². The molecular formula is C17H11N3O5S. The molecule has 3 heterocycles. The van der Waals surface area contributed by atoms with Gasteiger partial charge in [0.05, 0.1) is 22.8 Å². The van der Waals surface area contributed by atoms with Crippen LogP contribution in [0.2, 0.25) is 0 Å². The summed E-state index contributed by atoms with van der Waals surface area (Å²) in [5.41, 5.74) is 0.464. The van der Waals surface area contributed by atoms with Crippen molar-refractivity contribution >= 4 is 39.3 Å². The normalized spacial score (nSPS) is 13.4. The first-order chi connectivity index (χ1) is 12.4. The predicted molar refractivity (Wildman–Crippen MR) is 92.0 cm³/mol. The molecule has 0 saturated heterocycles. The topological polar surface area (TPSA) is 98.6 Å². The molecule has 0 aliphatic carbocycles. The molecule has 0 N–H and O–H groups in total. The summed E-state index contributed by atoms with van der Waals surface area (Å²) in [6, 6.07) is 6.21. The molecule has 9 heteroatoms. The van der Waals surface area contributed by atoms with E-state index >= 15 is 0 Å². The van der Waals surface area contributed by atoms with Crippen molar-refractivity contribution in [3.8, 4) is 0 Å². The van der Waals surface area contributed by atoms with E-state index in [4.69, 9.17) is 4.84 Å². The first-order valence-electron chi connectivity index (χ1n) is 7.55. The first-order valence-corrected chi connectivity index (χ1v) is 8.36. The van der Waals surface area contributed by atoms with Gasteiger partial charge in [-0.15, -0.1) is 11.3 Å². The lowest BCUT2D eigenvalue weighted by atomic mass is 10.1.